The molecule has 0 saturated carbocycles. The van der Waals surface area contributed by atoms with Gasteiger partial charge in [0, 0.05) is 12.7 Å². The molecule has 2 nitrogen and oxygen atoms in total. The second-order valence-electron chi connectivity index (χ2n) is 4.90. The Balaban J connectivity index is 2.15. The summed E-state index contributed by atoms with van der Waals surface area (Å²) in [5.41, 5.74) is 1.55. The second-order valence-corrected chi connectivity index (χ2v) is 4.90. The molecule has 0 bridgehead atoms. The Hall–Kier alpha value is -2.23. The van der Waals surface area contributed by atoms with Crippen molar-refractivity contribution in [3.63, 3.8) is 0 Å². The smallest absolute Gasteiger partial charge is 0.187 e. The molecule has 2 rings (SSSR count). The maximum atomic E-state index is 13.6. The molecule has 2 aromatic rings. The van der Waals surface area contributed by atoms with Crippen LogP contribution >= 0.6 is 0 Å². The van der Waals surface area contributed by atoms with Gasteiger partial charge in [-0.25, -0.2) is 8.78 Å². The highest BCUT2D eigenvalue weighted by Gasteiger charge is 2.18. The number of carbonyl (C=O) groups is 1. The lowest BCUT2D eigenvalue weighted by Gasteiger charge is -2.19. The Kier molecular flexibility index (Phi) is 4.68. The minimum Gasteiger partial charge on any atom is -0.367 e. The molecule has 0 spiro atoms. The summed E-state index contributed by atoms with van der Waals surface area (Å²) >= 11 is 0. The highest BCUT2D eigenvalue weighted by molar-refractivity contribution is 5.99. The average Bonchev–Trinajstić information content (AvgIpc) is 2.47. The van der Waals surface area contributed by atoms with E-state index < -0.39 is 23.0 Å². The standard InChI is InChI=1S/C17H17F2NO/c1-3-12-7-9-13(10-8-12)20(2)11-16(21)17-14(18)5-4-6-15(17)19/h4-10H,3,11H2,1-2H3. The van der Waals surface area contributed by atoms with Gasteiger partial charge >= 0.3 is 0 Å². The van der Waals surface area contributed by atoms with E-state index >= 15 is 0 Å². The van der Waals surface area contributed by atoms with Crippen molar-refractivity contribution in [1.82, 2.24) is 0 Å². The summed E-state index contributed by atoms with van der Waals surface area (Å²) < 4.78 is 27.1. The fraction of sp³-hybridized carbons (Fsp3) is 0.235. The van der Waals surface area contributed by atoms with Crippen molar-refractivity contribution >= 4 is 11.5 Å². The van der Waals surface area contributed by atoms with E-state index in [4.69, 9.17) is 0 Å². The Morgan fingerprint density at radius 1 is 1.05 bits per heavy atom. The van der Waals surface area contributed by atoms with E-state index in [-0.39, 0.29) is 6.54 Å². The van der Waals surface area contributed by atoms with E-state index in [0.29, 0.717) is 0 Å². The number of nitrogens with zero attached hydrogens (tertiary/aromatic N) is 1. The third-order valence-corrected chi connectivity index (χ3v) is 3.41. The highest BCUT2D eigenvalue weighted by atomic mass is 19.1. The molecular formula is C17H17F2NO. The summed E-state index contributed by atoms with van der Waals surface area (Å²) in [5, 5.41) is 0. The molecule has 4 heteroatoms. The number of halogens is 2. The summed E-state index contributed by atoms with van der Waals surface area (Å²) in [5.74, 6) is -2.22. The number of ketones is 1. The molecule has 0 saturated heterocycles. The number of hydrogen-bond donors (Lipinski definition) is 0. The van der Waals surface area contributed by atoms with Crippen LogP contribution in [-0.2, 0) is 6.42 Å². The van der Waals surface area contributed by atoms with Crippen molar-refractivity contribution in [3.05, 3.63) is 65.2 Å². The number of anilines is 1. The fourth-order valence-corrected chi connectivity index (χ4v) is 2.14. The fourth-order valence-electron chi connectivity index (χ4n) is 2.14. The quantitative estimate of drug-likeness (QED) is 0.779. The van der Waals surface area contributed by atoms with Crippen LogP contribution in [0.25, 0.3) is 0 Å². The van der Waals surface area contributed by atoms with Crippen LogP contribution in [0.15, 0.2) is 42.5 Å². The first kappa shape index (κ1) is 15.2. The molecule has 0 unspecified atom stereocenters. The Bertz CT molecular complexity index is 617. The largest absolute Gasteiger partial charge is 0.367 e. The van der Waals surface area contributed by atoms with Gasteiger partial charge in [0.15, 0.2) is 5.78 Å². The van der Waals surface area contributed by atoms with Crippen molar-refractivity contribution in [2.24, 2.45) is 0 Å². The molecule has 0 heterocycles. The van der Waals surface area contributed by atoms with Gasteiger partial charge in [-0.1, -0.05) is 25.1 Å². The third-order valence-electron chi connectivity index (χ3n) is 3.41. The number of carbonyl (C=O) groups excluding carboxylic acids is 1. The normalized spacial score (nSPS) is 10.5. The zero-order valence-corrected chi connectivity index (χ0v) is 12.1. The van der Waals surface area contributed by atoms with E-state index in [1.165, 1.54) is 11.6 Å². The molecule has 0 N–H and O–H groups in total. The minimum atomic E-state index is -0.824. The topological polar surface area (TPSA) is 20.3 Å². The Morgan fingerprint density at radius 3 is 2.14 bits per heavy atom. The highest BCUT2D eigenvalue weighted by Crippen LogP contribution is 2.17. The summed E-state index contributed by atoms with van der Waals surface area (Å²) in [6, 6.07) is 11.2. The molecule has 0 aliphatic heterocycles. The number of benzene rings is 2. The third kappa shape index (κ3) is 3.45. The van der Waals surface area contributed by atoms with Gasteiger partial charge in [0.1, 0.15) is 11.6 Å². The van der Waals surface area contributed by atoms with Crippen LogP contribution in [0.1, 0.15) is 22.8 Å². The molecule has 0 aromatic heterocycles. The van der Waals surface area contributed by atoms with Gasteiger partial charge in [0.05, 0.1) is 12.1 Å². The van der Waals surface area contributed by atoms with Crippen molar-refractivity contribution < 1.29 is 13.6 Å². The SMILES string of the molecule is CCc1ccc(N(C)CC(=O)c2c(F)cccc2F)cc1. The monoisotopic (exact) mass is 289 g/mol. The molecule has 21 heavy (non-hydrogen) atoms. The van der Waals surface area contributed by atoms with Gasteiger partial charge < -0.3 is 4.90 Å². The Labute approximate surface area is 123 Å². The van der Waals surface area contributed by atoms with Gasteiger partial charge in [-0.2, -0.15) is 0 Å². The predicted molar refractivity (Wildman–Crippen MR) is 79.8 cm³/mol. The first-order valence-electron chi connectivity index (χ1n) is 6.80. The minimum absolute atomic E-state index is 0.0800. The van der Waals surface area contributed by atoms with Crippen LogP contribution in [0.4, 0.5) is 14.5 Å². The van der Waals surface area contributed by atoms with E-state index in [0.717, 1.165) is 24.2 Å². The number of Topliss-reactive ketones (excluding diaryl/α,β-unsaturated/α-hetero) is 1. The Morgan fingerprint density at radius 2 is 1.62 bits per heavy atom. The number of likely N-dealkylation sites (N-methyl/N-ethyl adjacent to an activating group) is 1. The first-order chi connectivity index (χ1) is 10.0. The average molecular weight is 289 g/mol. The number of aryl methyl sites for hydroxylation is 1. The first-order valence-corrected chi connectivity index (χ1v) is 6.80. The lowest BCUT2D eigenvalue weighted by molar-refractivity contribution is 0.0992. The van der Waals surface area contributed by atoms with Gasteiger partial charge in [-0.3, -0.25) is 4.79 Å². The van der Waals surface area contributed by atoms with E-state index in [1.807, 2.05) is 24.3 Å². The lowest BCUT2D eigenvalue weighted by Crippen LogP contribution is -2.26. The van der Waals surface area contributed by atoms with Crippen LogP contribution in [0.3, 0.4) is 0 Å². The number of hydrogen-bond acceptors (Lipinski definition) is 2. The molecule has 0 fully saturated rings. The van der Waals surface area contributed by atoms with Crippen molar-refractivity contribution in [3.8, 4) is 0 Å². The van der Waals surface area contributed by atoms with Crippen molar-refractivity contribution in [1.29, 1.82) is 0 Å². The van der Waals surface area contributed by atoms with E-state index in [1.54, 1.807) is 11.9 Å². The summed E-state index contributed by atoms with van der Waals surface area (Å²) in [7, 11) is 1.72. The van der Waals surface area contributed by atoms with Gasteiger partial charge in [-0.05, 0) is 36.2 Å². The van der Waals surface area contributed by atoms with Crippen LogP contribution in [-0.4, -0.2) is 19.4 Å². The van der Waals surface area contributed by atoms with Crippen molar-refractivity contribution in [2.45, 2.75) is 13.3 Å². The van der Waals surface area contributed by atoms with Crippen LogP contribution in [0.2, 0.25) is 0 Å². The zero-order valence-electron chi connectivity index (χ0n) is 12.1. The molecule has 0 aliphatic rings. The van der Waals surface area contributed by atoms with Crippen LogP contribution in [0, 0.1) is 11.6 Å². The molecule has 0 atom stereocenters. The van der Waals surface area contributed by atoms with Gasteiger partial charge in [0.25, 0.3) is 0 Å². The maximum Gasteiger partial charge on any atom is 0.187 e. The maximum absolute atomic E-state index is 13.6. The number of rotatable bonds is 5. The van der Waals surface area contributed by atoms with E-state index in [2.05, 4.69) is 6.92 Å². The molecule has 110 valence electrons. The molecule has 0 amide bonds. The van der Waals surface area contributed by atoms with Crippen molar-refractivity contribution in [2.75, 3.05) is 18.5 Å². The van der Waals surface area contributed by atoms with Gasteiger partial charge in [-0.15, -0.1) is 0 Å². The predicted octanol–water partition coefficient (Wildman–Crippen LogP) is 3.85. The summed E-state index contributed by atoms with van der Waals surface area (Å²) in [6.45, 7) is 1.98. The van der Waals surface area contributed by atoms with Crippen LogP contribution < -0.4 is 4.90 Å². The van der Waals surface area contributed by atoms with Gasteiger partial charge in [0.2, 0.25) is 0 Å². The van der Waals surface area contributed by atoms with E-state index in [9.17, 15) is 13.6 Å². The van der Waals surface area contributed by atoms with Crippen LogP contribution in [0.5, 0.6) is 0 Å². The molecule has 0 radical (unpaired) electrons. The zero-order chi connectivity index (χ0) is 15.4. The summed E-state index contributed by atoms with van der Waals surface area (Å²) in [6.07, 6.45) is 0.934. The lowest BCUT2D eigenvalue weighted by atomic mass is 10.1. The molecule has 2 aromatic carbocycles. The molecular weight excluding hydrogens is 272 g/mol. The molecule has 0 aliphatic carbocycles. The summed E-state index contributed by atoms with van der Waals surface area (Å²) in [4.78, 5) is 13.7. The second kappa shape index (κ2) is 6.48.